The number of hydrogen-bond acceptors (Lipinski definition) is 2. The van der Waals surface area contributed by atoms with E-state index in [1.807, 2.05) is 12.4 Å². The van der Waals surface area contributed by atoms with E-state index in [1.165, 1.54) is 17.5 Å². The highest BCUT2D eigenvalue weighted by molar-refractivity contribution is 5.26. The Bertz CT molecular complexity index is 311. The Morgan fingerprint density at radius 2 is 2.29 bits per heavy atom. The van der Waals surface area contributed by atoms with Gasteiger partial charge in [0.25, 0.3) is 0 Å². The number of aromatic nitrogens is 1. The zero-order valence-corrected chi connectivity index (χ0v) is 8.61. The molecule has 1 aliphatic rings. The van der Waals surface area contributed by atoms with Crippen molar-refractivity contribution < 1.29 is 5.11 Å². The minimum atomic E-state index is -0.103. The maximum atomic E-state index is 9.61. The lowest BCUT2D eigenvalue weighted by Crippen LogP contribution is -2.18. The first kappa shape index (κ1) is 9.66. The molecular weight excluding hydrogens is 174 g/mol. The summed E-state index contributed by atoms with van der Waals surface area (Å²) in [5, 5.41) is 9.61. The topological polar surface area (TPSA) is 33.1 Å². The first-order valence-electron chi connectivity index (χ1n) is 5.36. The third-order valence-electron chi connectivity index (χ3n) is 3.17. The Kier molecular flexibility index (Phi) is 2.82. The summed E-state index contributed by atoms with van der Waals surface area (Å²) in [5.74, 6) is 0.521. The highest BCUT2D eigenvalue weighted by atomic mass is 16.3. The van der Waals surface area contributed by atoms with Crippen LogP contribution in [0.1, 0.15) is 42.7 Å². The van der Waals surface area contributed by atoms with Gasteiger partial charge in [-0.15, -0.1) is 0 Å². The lowest BCUT2D eigenvalue weighted by atomic mass is 9.82. The Morgan fingerprint density at radius 1 is 1.43 bits per heavy atom. The summed E-state index contributed by atoms with van der Waals surface area (Å²) in [4.78, 5) is 4.16. The summed E-state index contributed by atoms with van der Waals surface area (Å²) in [6.07, 6.45) is 7.90. The van der Waals surface area contributed by atoms with E-state index < -0.39 is 0 Å². The van der Waals surface area contributed by atoms with Crippen LogP contribution in [0.3, 0.4) is 0 Å². The Labute approximate surface area is 85.0 Å². The van der Waals surface area contributed by atoms with Crippen LogP contribution in [-0.4, -0.2) is 16.2 Å². The highest BCUT2D eigenvalue weighted by Crippen LogP contribution is 2.33. The lowest BCUT2D eigenvalue weighted by Gasteiger charge is -2.26. The van der Waals surface area contributed by atoms with Gasteiger partial charge < -0.3 is 5.11 Å². The molecule has 1 aliphatic carbocycles. The van der Waals surface area contributed by atoms with Crippen LogP contribution in [0.15, 0.2) is 18.5 Å². The Balaban J connectivity index is 2.18. The van der Waals surface area contributed by atoms with Crippen LogP contribution in [0, 0.1) is 6.92 Å². The molecule has 1 aromatic heterocycles. The van der Waals surface area contributed by atoms with Gasteiger partial charge >= 0.3 is 0 Å². The zero-order valence-electron chi connectivity index (χ0n) is 8.61. The predicted octanol–water partition coefficient (Wildman–Crippen LogP) is 2.41. The molecule has 0 aliphatic heterocycles. The second-order valence-electron chi connectivity index (χ2n) is 4.25. The van der Waals surface area contributed by atoms with Crippen molar-refractivity contribution in [2.75, 3.05) is 0 Å². The fourth-order valence-electron chi connectivity index (χ4n) is 2.35. The Morgan fingerprint density at radius 3 is 3.00 bits per heavy atom. The summed E-state index contributed by atoms with van der Waals surface area (Å²) in [7, 11) is 0. The van der Waals surface area contributed by atoms with Crippen molar-refractivity contribution in [1.29, 1.82) is 0 Å². The van der Waals surface area contributed by atoms with Crippen LogP contribution < -0.4 is 0 Å². The molecule has 2 heteroatoms. The highest BCUT2D eigenvalue weighted by Gasteiger charge is 2.22. The average molecular weight is 191 g/mol. The molecule has 2 rings (SSSR count). The fraction of sp³-hybridized carbons (Fsp3) is 0.583. The molecule has 0 amide bonds. The van der Waals surface area contributed by atoms with Crippen molar-refractivity contribution in [2.45, 2.75) is 44.6 Å². The van der Waals surface area contributed by atoms with Crippen LogP contribution in [0.4, 0.5) is 0 Å². The van der Waals surface area contributed by atoms with E-state index in [9.17, 15) is 5.11 Å². The normalized spacial score (nSPS) is 27.6. The molecule has 2 unspecified atom stereocenters. The SMILES string of the molecule is Cc1ccncc1C1CCCC(O)C1. The average Bonchev–Trinajstić information content (AvgIpc) is 2.18. The molecule has 0 radical (unpaired) electrons. The van der Waals surface area contributed by atoms with Crippen molar-refractivity contribution in [3.8, 4) is 0 Å². The summed E-state index contributed by atoms with van der Waals surface area (Å²) in [6, 6.07) is 2.05. The van der Waals surface area contributed by atoms with E-state index in [0.717, 1.165) is 19.3 Å². The van der Waals surface area contributed by atoms with E-state index >= 15 is 0 Å². The maximum Gasteiger partial charge on any atom is 0.0546 e. The lowest BCUT2D eigenvalue weighted by molar-refractivity contribution is 0.119. The summed E-state index contributed by atoms with van der Waals surface area (Å²) < 4.78 is 0. The van der Waals surface area contributed by atoms with Crippen LogP contribution in [0.2, 0.25) is 0 Å². The minimum Gasteiger partial charge on any atom is -0.393 e. The monoisotopic (exact) mass is 191 g/mol. The van der Waals surface area contributed by atoms with Crippen LogP contribution in [0.5, 0.6) is 0 Å². The number of pyridine rings is 1. The molecule has 1 heterocycles. The van der Waals surface area contributed by atoms with Crippen LogP contribution in [0.25, 0.3) is 0 Å². The number of nitrogens with zero attached hydrogens (tertiary/aromatic N) is 1. The van der Waals surface area contributed by atoms with Gasteiger partial charge in [-0.25, -0.2) is 0 Å². The first-order chi connectivity index (χ1) is 6.77. The summed E-state index contributed by atoms with van der Waals surface area (Å²) >= 11 is 0. The van der Waals surface area contributed by atoms with Crippen LogP contribution >= 0.6 is 0 Å². The third-order valence-corrected chi connectivity index (χ3v) is 3.17. The van der Waals surface area contributed by atoms with Gasteiger partial charge in [0.1, 0.15) is 0 Å². The summed E-state index contributed by atoms with van der Waals surface area (Å²) in [6.45, 7) is 2.12. The molecule has 14 heavy (non-hydrogen) atoms. The van der Waals surface area contributed by atoms with E-state index in [0.29, 0.717) is 5.92 Å². The van der Waals surface area contributed by atoms with Gasteiger partial charge in [0.15, 0.2) is 0 Å². The molecule has 1 saturated carbocycles. The molecule has 1 aromatic rings. The largest absolute Gasteiger partial charge is 0.393 e. The van der Waals surface area contributed by atoms with Gasteiger partial charge in [-0.3, -0.25) is 4.98 Å². The number of hydrogen-bond donors (Lipinski definition) is 1. The zero-order chi connectivity index (χ0) is 9.97. The van der Waals surface area contributed by atoms with Gasteiger partial charge in [-0.05, 0) is 49.3 Å². The predicted molar refractivity (Wildman–Crippen MR) is 56.2 cm³/mol. The molecular formula is C12H17NO. The second kappa shape index (κ2) is 4.09. The minimum absolute atomic E-state index is 0.103. The number of aliphatic hydroxyl groups excluding tert-OH is 1. The van der Waals surface area contributed by atoms with Gasteiger partial charge in [0.05, 0.1) is 6.10 Å². The molecule has 1 N–H and O–H groups in total. The van der Waals surface area contributed by atoms with E-state index in [4.69, 9.17) is 0 Å². The smallest absolute Gasteiger partial charge is 0.0546 e. The van der Waals surface area contributed by atoms with Crippen molar-refractivity contribution in [1.82, 2.24) is 4.98 Å². The quantitative estimate of drug-likeness (QED) is 0.739. The Hall–Kier alpha value is -0.890. The van der Waals surface area contributed by atoms with Gasteiger partial charge in [0, 0.05) is 12.4 Å². The van der Waals surface area contributed by atoms with E-state index in [1.54, 1.807) is 0 Å². The third kappa shape index (κ3) is 1.95. The van der Waals surface area contributed by atoms with Crippen molar-refractivity contribution in [2.24, 2.45) is 0 Å². The molecule has 2 atom stereocenters. The molecule has 0 aromatic carbocycles. The number of aliphatic hydroxyl groups is 1. The molecule has 76 valence electrons. The fourth-order valence-corrected chi connectivity index (χ4v) is 2.35. The van der Waals surface area contributed by atoms with Crippen molar-refractivity contribution in [3.05, 3.63) is 29.6 Å². The first-order valence-corrected chi connectivity index (χ1v) is 5.36. The van der Waals surface area contributed by atoms with Gasteiger partial charge in [0.2, 0.25) is 0 Å². The molecule has 0 saturated heterocycles. The van der Waals surface area contributed by atoms with Crippen LogP contribution in [-0.2, 0) is 0 Å². The van der Waals surface area contributed by atoms with Crippen molar-refractivity contribution in [3.63, 3.8) is 0 Å². The standard InChI is InChI=1S/C12H17NO/c1-9-5-6-13-8-12(9)10-3-2-4-11(14)7-10/h5-6,8,10-11,14H,2-4,7H2,1H3. The number of aryl methyl sites for hydroxylation is 1. The van der Waals surface area contributed by atoms with Gasteiger partial charge in [-0.1, -0.05) is 6.42 Å². The second-order valence-corrected chi connectivity index (χ2v) is 4.25. The van der Waals surface area contributed by atoms with Gasteiger partial charge in [-0.2, -0.15) is 0 Å². The molecule has 0 spiro atoms. The van der Waals surface area contributed by atoms with E-state index in [-0.39, 0.29) is 6.10 Å². The number of rotatable bonds is 1. The molecule has 0 bridgehead atoms. The maximum absolute atomic E-state index is 9.61. The van der Waals surface area contributed by atoms with E-state index in [2.05, 4.69) is 18.0 Å². The summed E-state index contributed by atoms with van der Waals surface area (Å²) in [5.41, 5.74) is 2.63. The molecule has 2 nitrogen and oxygen atoms in total. The van der Waals surface area contributed by atoms with Crippen molar-refractivity contribution >= 4 is 0 Å². The molecule has 1 fully saturated rings.